The van der Waals surface area contributed by atoms with Gasteiger partial charge in [-0.05, 0) is 34.9 Å². The Bertz CT molecular complexity index is 611. The van der Waals surface area contributed by atoms with E-state index >= 15 is 0 Å². The van der Waals surface area contributed by atoms with Gasteiger partial charge in [0.25, 0.3) is 0 Å². The number of fused-ring (bicyclic) bond motifs is 1. The Labute approximate surface area is 111 Å². The van der Waals surface area contributed by atoms with Crippen molar-refractivity contribution in [3.05, 3.63) is 65.0 Å². The zero-order valence-electron chi connectivity index (χ0n) is 10.4. The van der Waals surface area contributed by atoms with Crippen molar-refractivity contribution in [1.82, 2.24) is 9.88 Å². The lowest BCUT2D eigenvalue weighted by Crippen LogP contribution is -2.15. The molecule has 0 unspecified atom stereocenters. The molecule has 1 aromatic heterocycles. The van der Waals surface area contributed by atoms with Crippen molar-refractivity contribution >= 4 is 5.97 Å². The molecule has 0 saturated carbocycles. The van der Waals surface area contributed by atoms with Gasteiger partial charge in [0.05, 0.1) is 5.56 Å². The number of hydrogen-bond acceptors (Lipinski definition) is 3. The Kier molecular flexibility index (Phi) is 3.01. The summed E-state index contributed by atoms with van der Waals surface area (Å²) in [4.78, 5) is 17.3. The summed E-state index contributed by atoms with van der Waals surface area (Å²) < 4.78 is 0. The summed E-state index contributed by atoms with van der Waals surface area (Å²) >= 11 is 0. The highest BCUT2D eigenvalue weighted by molar-refractivity contribution is 5.87. The van der Waals surface area contributed by atoms with E-state index in [1.54, 1.807) is 18.3 Å². The Balaban J connectivity index is 1.75. The standard InChI is InChI=1S/C15H14N2O2/c18-15(19)12-3-4-13-9-17(10-14(13)6-12)8-11-2-1-5-16-7-11/h1-7H,8-10H2,(H,18,19). The number of carboxylic acid groups (broad SMARTS) is 1. The molecule has 4 heteroatoms. The number of aromatic carboxylic acids is 1. The minimum Gasteiger partial charge on any atom is -0.478 e. The topological polar surface area (TPSA) is 53.4 Å². The Morgan fingerprint density at radius 1 is 1.26 bits per heavy atom. The van der Waals surface area contributed by atoms with E-state index < -0.39 is 5.97 Å². The van der Waals surface area contributed by atoms with Crippen LogP contribution in [0.15, 0.2) is 42.7 Å². The average Bonchev–Trinajstić information content (AvgIpc) is 2.80. The van der Waals surface area contributed by atoms with Gasteiger partial charge in [-0.25, -0.2) is 4.79 Å². The van der Waals surface area contributed by atoms with Crippen molar-refractivity contribution in [2.24, 2.45) is 0 Å². The molecule has 1 aliphatic rings. The van der Waals surface area contributed by atoms with Gasteiger partial charge in [0.15, 0.2) is 0 Å². The quantitative estimate of drug-likeness (QED) is 0.913. The van der Waals surface area contributed by atoms with Crippen LogP contribution in [0.2, 0.25) is 0 Å². The lowest BCUT2D eigenvalue weighted by molar-refractivity contribution is 0.0696. The fourth-order valence-electron chi connectivity index (χ4n) is 2.46. The van der Waals surface area contributed by atoms with E-state index in [1.165, 1.54) is 11.1 Å². The highest BCUT2D eigenvalue weighted by atomic mass is 16.4. The minimum absolute atomic E-state index is 0.363. The first-order valence-corrected chi connectivity index (χ1v) is 6.19. The van der Waals surface area contributed by atoms with E-state index in [9.17, 15) is 4.79 Å². The summed E-state index contributed by atoms with van der Waals surface area (Å²) in [7, 11) is 0. The van der Waals surface area contributed by atoms with Crippen molar-refractivity contribution in [2.45, 2.75) is 19.6 Å². The van der Waals surface area contributed by atoms with Gasteiger partial charge in [0.1, 0.15) is 0 Å². The van der Waals surface area contributed by atoms with Crippen LogP contribution in [-0.2, 0) is 19.6 Å². The monoisotopic (exact) mass is 254 g/mol. The zero-order valence-corrected chi connectivity index (χ0v) is 10.4. The molecule has 0 fully saturated rings. The summed E-state index contributed by atoms with van der Waals surface area (Å²) in [6, 6.07) is 9.36. The Morgan fingerprint density at radius 3 is 2.84 bits per heavy atom. The van der Waals surface area contributed by atoms with Gasteiger partial charge < -0.3 is 5.11 Å². The molecular weight excluding hydrogens is 240 g/mol. The molecule has 96 valence electrons. The Morgan fingerprint density at radius 2 is 2.11 bits per heavy atom. The van der Waals surface area contributed by atoms with Crippen LogP contribution >= 0.6 is 0 Å². The molecule has 1 aliphatic heterocycles. The molecule has 19 heavy (non-hydrogen) atoms. The van der Waals surface area contributed by atoms with Gasteiger partial charge in [-0.15, -0.1) is 0 Å². The van der Waals surface area contributed by atoms with Crippen LogP contribution < -0.4 is 0 Å². The second-order valence-electron chi connectivity index (χ2n) is 4.80. The van der Waals surface area contributed by atoms with E-state index in [2.05, 4.69) is 16.0 Å². The number of nitrogens with zero attached hydrogens (tertiary/aromatic N) is 2. The molecule has 0 bridgehead atoms. The molecule has 0 saturated heterocycles. The zero-order chi connectivity index (χ0) is 13.2. The minimum atomic E-state index is -0.867. The SMILES string of the molecule is O=C(O)c1ccc2c(c1)CN(Cc1cccnc1)C2. The number of carboxylic acids is 1. The van der Waals surface area contributed by atoms with E-state index in [4.69, 9.17) is 5.11 Å². The number of benzene rings is 1. The van der Waals surface area contributed by atoms with Crippen molar-refractivity contribution in [3.63, 3.8) is 0 Å². The third-order valence-corrected chi connectivity index (χ3v) is 3.37. The average molecular weight is 254 g/mol. The van der Waals surface area contributed by atoms with E-state index in [-0.39, 0.29) is 0 Å². The van der Waals surface area contributed by atoms with Crippen LogP contribution in [0, 0.1) is 0 Å². The van der Waals surface area contributed by atoms with Crippen molar-refractivity contribution in [3.8, 4) is 0 Å². The molecule has 0 atom stereocenters. The second kappa shape index (κ2) is 4.82. The van der Waals surface area contributed by atoms with E-state index in [0.29, 0.717) is 5.56 Å². The molecule has 4 nitrogen and oxygen atoms in total. The molecule has 2 heterocycles. The molecule has 0 aliphatic carbocycles. The van der Waals surface area contributed by atoms with Gasteiger partial charge >= 0.3 is 5.97 Å². The molecular formula is C15H14N2O2. The van der Waals surface area contributed by atoms with Crippen LogP contribution in [0.5, 0.6) is 0 Å². The molecule has 0 spiro atoms. The normalized spacial score (nSPS) is 14.3. The van der Waals surface area contributed by atoms with Crippen molar-refractivity contribution < 1.29 is 9.90 Å². The fourth-order valence-corrected chi connectivity index (χ4v) is 2.46. The Hall–Kier alpha value is -2.20. The van der Waals surface area contributed by atoms with Gasteiger partial charge in [0.2, 0.25) is 0 Å². The van der Waals surface area contributed by atoms with Crippen molar-refractivity contribution in [1.29, 1.82) is 0 Å². The molecule has 0 amide bonds. The van der Waals surface area contributed by atoms with Gasteiger partial charge in [0, 0.05) is 32.0 Å². The largest absolute Gasteiger partial charge is 0.478 e. The van der Waals surface area contributed by atoms with E-state index in [0.717, 1.165) is 25.2 Å². The molecule has 1 aromatic carbocycles. The number of rotatable bonds is 3. The third kappa shape index (κ3) is 2.48. The first-order chi connectivity index (χ1) is 9.22. The first kappa shape index (κ1) is 11.9. The van der Waals surface area contributed by atoms with Gasteiger partial charge in [-0.2, -0.15) is 0 Å². The molecule has 1 N–H and O–H groups in total. The summed E-state index contributed by atoms with van der Waals surface area (Å²) in [6.07, 6.45) is 3.63. The smallest absolute Gasteiger partial charge is 0.335 e. The molecule has 0 radical (unpaired) electrons. The maximum absolute atomic E-state index is 11.0. The molecule has 2 aromatic rings. The van der Waals surface area contributed by atoms with Crippen molar-refractivity contribution in [2.75, 3.05) is 0 Å². The molecule has 3 rings (SSSR count). The van der Waals surface area contributed by atoms with Crippen LogP contribution in [0.4, 0.5) is 0 Å². The summed E-state index contributed by atoms with van der Waals surface area (Å²) in [6.45, 7) is 2.50. The van der Waals surface area contributed by atoms with Gasteiger partial charge in [-0.1, -0.05) is 12.1 Å². The maximum atomic E-state index is 11.0. The summed E-state index contributed by atoms with van der Waals surface area (Å²) in [5.74, 6) is -0.867. The van der Waals surface area contributed by atoms with E-state index in [1.807, 2.05) is 18.3 Å². The predicted molar refractivity (Wildman–Crippen MR) is 70.6 cm³/mol. The van der Waals surface area contributed by atoms with Crippen LogP contribution in [-0.4, -0.2) is 21.0 Å². The highest BCUT2D eigenvalue weighted by Crippen LogP contribution is 2.25. The van der Waals surface area contributed by atoms with Crippen LogP contribution in [0.25, 0.3) is 0 Å². The number of aromatic nitrogens is 1. The second-order valence-corrected chi connectivity index (χ2v) is 4.80. The number of carbonyl (C=O) groups is 1. The number of pyridine rings is 1. The predicted octanol–water partition coefficient (Wildman–Crippen LogP) is 2.30. The summed E-state index contributed by atoms with van der Waals surface area (Å²) in [5.41, 5.74) is 3.87. The lowest BCUT2D eigenvalue weighted by atomic mass is 10.1. The fraction of sp³-hybridized carbons (Fsp3) is 0.200. The first-order valence-electron chi connectivity index (χ1n) is 6.19. The van der Waals surface area contributed by atoms with Crippen LogP contribution in [0.1, 0.15) is 27.0 Å². The lowest BCUT2D eigenvalue weighted by Gasteiger charge is -2.14. The maximum Gasteiger partial charge on any atom is 0.335 e. The summed E-state index contributed by atoms with van der Waals surface area (Å²) in [5, 5.41) is 9.00. The number of hydrogen-bond donors (Lipinski definition) is 1. The third-order valence-electron chi connectivity index (χ3n) is 3.37. The van der Waals surface area contributed by atoms with Crippen LogP contribution in [0.3, 0.4) is 0 Å². The highest BCUT2D eigenvalue weighted by Gasteiger charge is 2.20. The van der Waals surface area contributed by atoms with Gasteiger partial charge in [-0.3, -0.25) is 9.88 Å².